The Morgan fingerprint density at radius 3 is 3.00 bits per heavy atom. The smallest absolute Gasteiger partial charge is 0.321 e. The lowest BCUT2D eigenvalue weighted by Crippen LogP contribution is -2.46. The highest BCUT2D eigenvalue weighted by Crippen LogP contribution is 2.27. The van der Waals surface area contributed by atoms with Crippen LogP contribution in [0.15, 0.2) is 18.2 Å². The van der Waals surface area contributed by atoms with E-state index in [-0.39, 0.29) is 6.03 Å². The number of nitrogens with one attached hydrogen (secondary N) is 1. The van der Waals surface area contributed by atoms with E-state index in [2.05, 4.69) is 5.32 Å². The van der Waals surface area contributed by atoms with Gasteiger partial charge in [-0.15, -0.1) is 0 Å². The molecular formula is C11H13ClN2O. The molecule has 1 aromatic rings. The molecule has 80 valence electrons. The summed E-state index contributed by atoms with van der Waals surface area (Å²) in [6, 6.07) is 5.59. The molecule has 4 heteroatoms. The summed E-state index contributed by atoms with van der Waals surface area (Å²) < 4.78 is 0. The van der Waals surface area contributed by atoms with Gasteiger partial charge in [-0.2, -0.15) is 0 Å². The van der Waals surface area contributed by atoms with Gasteiger partial charge < -0.3 is 5.32 Å². The summed E-state index contributed by atoms with van der Waals surface area (Å²) >= 11 is 6.02. The highest BCUT2D eigenvalue weighted by atomic mass is 35.5. The van der Waals surface area contributed by atoms with Gasteiger partial charge in [0.25, 0.3) is 0 Å². The zero-order valence-electron chi connectivity index (χ0n) is 8.59. The normalized spacial score (nSPS) is 16.4. The quantitative estimate of drug-likeness (QED) is 0.781. The Hall–Kier alpha value is -1.22. The maximum atomic E-state index is 11.6. The zero-order valence-corrected chi connectivity index (χ0v) is 9.34. The highest BCUT2D eigenvalue weighted by molar-refractivity contribution is 6.31. The van der Waals surface area contributed by atoms with E-state index in [0.717, 1.165) is 30.8 Å². The lowest BCUT2D eigenvalue weighted by Gasteiger charge is -2.28. The molecule has 0 atom stereocenters. The first kappa shape index (κ1) is 10.3. The number of hydrogen-bond donors (Lipinski definition) is 1. The number of halogens is 1. The number of carbonyl (C=O) groups is 1. The van der Waals surface area contributed by atoms with Crippen molar-refractivity contribution in [3.63, 3.8) is 0 Å². The van der Waals surface area contributed by atoms with Crippen molar-refractivity contribution in [3.8, 4) is 0 Å². The van der Waals surface area contributed by atoms with Crippen molar-refractivity contribution in [2.45, 2.75) is 13.3 Å². The first-order valence-corrected chi connectivity index (χ1v) is 5.38. The monoisotopic (exact) mass is 224 g/mol. The van der Waals surface area contributed by atoms with Crippen molar-refractivity contribution >= 4 is 23.3 Å². The number of carbonyl (C=O) groups excluding carboxylic acids is 1. The molecule has 1 aliphatic rings. The number of hydrogen-bond acceptors (Lipinski definition) is 1. The van der Waals surface area contributed by atoms with Crippen LogP contribution >= 0.6 is 11.6 Å². The van der Waals surface area contributed by atoms with Gasteiger partial charge in [0, 0.05) is 23.8 Å². The first-order valence-electron chi connectivity index (χ1n) is 5.00. The minimum atomic E-state index is -0.0355. The molecule has 0 bridgehead atoms. The molecule has 0 aromatic heterocycles. The molecular weight excluding hydrogens is 212 g/mol. The number of urea groups is 1. The number of amides is 2. The summed E-state index contributed by atoms with van der Waals surface area (Å²) in [5.74, 6) is 0. The molecule has 2 amide bonds. The van der Waals surface area contributed by atoms with E-state index in [1.54, 1.807) is 4.90 Å². The highest BCUT2D eigenvalue weighted by Gasteiger charge is 2.20. The van der Waals surface area contributed by atoms with Crippen LogP contribution in [0.2, 0.25) is 5.02 Å². The summed E-state index contributed by atoms with van der Waals surface area (Å²) in [6.45, 7) is 3.45. The topological polar surface area (TPSA) is 32.3 Å². The van der Waals surface area contributed by atoms with Gasteiger partial charge >= 0.3 is 6.03 Å². The van der Waals surface area contributed by atoms with E-state index in [0.29, 0.717) is 5.02 Å². The van der Waals surface area contributed by atoms with E-state index in [4.69, 9.17) is 11.6 Å². The SMILES string of the molecule is Cc1c(Cl)cccc1N1CCCNC1=O. The second kappa shape index (κ2) is 4.11. The lowest BCUT2D eigenvalue weighted by atomic mass is 10.1. The van der Waals surface area contributed by atoms with Crippen LogP contribution in [0.25, 0.3) is 0 Å². The number of anilines is 1. The summed E-state index contributed by atoms with van der Waals surface area (Å²) in [6.07, 6.45) is 0.970. The Morgan fingerprint density at radius 2 is 2.27 bits per heavy atom. The Bertz CT molecular complexity index is 392. The van der Waals surface area contributed by atoms with Crippen molar-refractivity contribution < 1.29 is 4.79 Å². The molecule has 1 aliphatic heterocycles. The standard InChI is InChI=1S/C11H13ClN2O/c1-8-9(12)4-2-5-10(8)14-7-3-6-13-11(14)15/h2,4-5H,3,6-7H2,1H3,(H,13,15). The molecule has 0 spiro atoms. The predicted octanol–water partition coefficient (Wildman–Crippen LogP) is 2.57. The lowest BCUT2D eigenvalue weighted by molar-refractivity contribution is 0.243. The Labute approximate surface area is 94.0 Å². The first-order chi connectivity index (χ1) is 7.20. The van der Waals surface area contributed by atoms with Crippen LogP contribution in [0.5, 0.6) is 0 Å². The average molecular weight is 225 g/mol. The predicted molar refractivity (Wildman–Crippen MR) is 61.6 cm³/mol. The second-order valence-electron chi connectivity index (χ2n) is 3.62. The number of rotatable bonds is 1. The van der Waals surface area contributed by atoms with E-state index in [1.807, 2.05) is 25.1 Å². The maximum absolute atomic E-state index is 11.6. The zero-order chi connectivity index (χ0) is 10.8. The van der Waals surface area contributed by atoms with Crippen LogP contribution < -0.4 is 10.2 Å². The van der Waals surface area contributed by atoms with Crippen LogP contribution in [0.1, 0.15) is 12.0 Å². The van der Waals surface area contributed by atoms with Gasteiger partial charge in [-0.1, -0.05) is 17.7 Å². The van der Waals surface area contributed by atoms with Crippen LogP contribution in [-0.4, -0.2) is 19.1 Å². The molecule has 2 rings (SSSR count). The molecule has 3 nitrogen and oxygen atoms in total. The van der Waals surface area contributed by atoms with Crippen LogP contribution in [0.4, 0.5) is 10.5 Å². The van der Waals surface area contributed by atoms with Gasteiger partial charge in [0.1, 0.15) is 0 Å². The molecule has 1 heterocycles. The van der Waals surface area contributed by atoms with Gasteiger partial charge in [-0.05, 0) is 31.0 Å². The fourth-order valence-electron chi connectivity index (χ4n) is 1.75. The molecule has 0 radical (unpaired) electrons. The third-order valence-corrected chi connectivity index (χ3v) is 3.02. The minimum Gasteiger partial charge on any atom is -0.338 e. The fourth-order valence-corrected chi connectivity index (χ4v) is 1.92. The summed E-state index contributed by atoms with van der Waals surface area (Å²) in [4.78, 5) is 13.4. The van der Waals surface area contributed by atoms with Gasteiger partial charge in [0.2, 0.25) is 0 Å². The van der Waals surface area contributed by atoms with Gasteiger partial charge in [-0.3, -0.25) is 4.90 Å². The molecule has 1 aromatic carbocycles. The molecule has 0 aliphatic carbocycles. The molecule has 1 N–H and O–H groups in total. The van der Waals surface area contributed by atoms with Crippen molar-refractivity contribution in [1.82, 2.24) is 5.32 Å². The van der Waals surface area contributed by atoms with Crippen LogP contribution in [-0.2, 0) is 0 Å². The number of nitrogens with zero attached hydrogens (tertiary/aromatic N) is 1. The molecule has 1 fully saturated rings. The Morgan fingerprint density at radius 1 is 1.47 bits per heavy atom. The largest absolute Gasteiger partial charge is 0.338 e. The van der Waals surface area contributed by atoms with Crippen molar-refractivity contribution in [2.75, 3.05) is 18.0 Å². The second-order valence-corrected chi connectivity index (χ2v) is 4.03. The van der Waals surface area contributed by atoms with Gasteiger partial charge in [-0.25, -0.2) is 4.79 Å². The number of benzene rings is 1. The molecule has 1 saturated heterocycles. The van der Waals surface area contributed by atoms with Crippen molar-refractivity contribution in [3.05, 3.63) is 28.8 Å². The van der Waals surface area contributed by atoms with E-state index in [1.165, 1.54) is 0 Å². The average Bonchev–Trinajstić information content (AvgIpc) is 2.23. The Balaban J connectivity index is 2.35. The fraction of sp³-hybridized carbons (Fsp3) is 0.364. The van der Waals surface area contributed by atoms with Gasteiger partial charge in [0.15, 0.2) is 0 Å². The van der Waals surface area contributed by atoms with Crippen molar-refractivity contribution in [1.29, 1.82) is 0 Å². The molecule has 0 saturated carbocycles. The minimum absolute atomic E-state index is 0.0355. The van der Waals surface area contributed by atoms with Crippen LogP contribution in [0.3, 0.4) is 0 Å². The Kier molecular flexibility index (Phi) is 2.82. The summed E-state index contributed by atoms with van der Waals surface area (Å²) in [5.41, 5.74) is 1.86. The summed E-state index contributed by atoms with van der Waals surface area (Å²) in [7, 11) is 0. The molecule has 15 heavy (non-hydrogen) atoms. The third-order valence-electron chi connectivity index (χ3n) is 2.61. The van der Waals surface area contributed by atoms with E-state index >= 15 is 0 Å². The van der Waals surface area contributed by atoms with Crippen molar-refractivity contribution in [2.24, 2.45) is 0 Å². The van der Waals surface area contributed by atoms with E-state index in [9.17, 15) is 4.79 Å². The third kappa shape index (κ3) is 1.92. The van der Waals surface area contributed by atoms with Gasteiger partial charge in [0.05, 0.1) is 0 Å². The van der Waals surface area contributed by atoms with Crippen LogP contribution in [0, 0.1) is 6.92 Å². The molecule has 0 unspecified atom stereocenters. The maximum Gasteiger partial charge on any atom is 0.321 e. The summed E-state index contributed by atoms with van der Waals surface area (Å²) in [5, 5.41) is 3.52. The van der Waals surface area contributed by atoms with E-state index < -0.39 is 0 Å².